The van der Waals surface area contributed by atoms with Gasteiger partial charge >= 0.3 is 5.97 Å². The molecule has 0 radical (unpaired) electrons. The minimum absolute atomic E-state index is 0.0657. The van der Waals surface area contributed by atoms with Gasteiger partial charge < -0.3 is 9.15 Å². The summed E-state index contributed by atoms with van der Waals surface area (Å²) >= 11 is 5.66. The first kappa shape index (κ1) is 19.9. The SMILES string of the molecule is O=C1OC(c2ccc(NS(=O)(=O)c3ccc(Cl)cc3F)cc2)=NC1=Cc1ccco1. The standard InChI is InChI=1S/C20H12ClFN2O5S/c21-13-5-8-18(16(22)10-13)30(26,27)24-14-6-3-12(4-7-14)19-23-17(20(25)29-19)11-15-2-1-9-28-15/h1-11,24H. The van der Waals surface area contributed by atoms with Crippen LogP contribution in [0.2, 0.25) is 5.02 Å². The van der Waals surface area contributed by atoms with Crippen molar-refractivity contribution in [2.45, 2.75) is 4.90 Å². The number of cyclic esters (lactones) is 1. The molecule has 2 aromatic carbocycles. The number of aliphatic imine (C=N–C) groups is 1. The molecule has 0 spiro atoms. The van der Waals surface area contributed by atoms with Gasteiger partial charge in [-0.05, 0) is 54.6 Å². The van der Waals surface area contributed by atoms with Crippen LogP contribution in [0.4, 0.5) is 10.1 Å². The first-order chi connectivity index (χ1) is 14.3. The van der Waals surface area contributed by atoms with Gasteiger partial charge in [-0.25, -0.2) is 22.6 Å². The first-order valence-electron chi connectivity index (χ1n) is 8.46. The fourth-order valence-electron chi connectivity index (χ4n) is 2.62. The molecule has 1 aromatic heterocycles. The Morgan fingerprint density at radius 2 is 1.87 bits per heavy atom. The highest BCUT2D eigenvalue weighted by molar-refractivity contribution is 7.92. The van der Waals surface area contributed by atoms with Crippen molar-refractivity contribution in [1.82, 2.24) is 0 Å². The number of anilines is 1. The van der Waals surface area contributed by atoms with E-state index < -0.39 is 26.7 Å². The second kappa shape index (κ2) is 7.77. The van der Waals surface area contributed by atoms with Gasteiger partial charge in [0.15, 0.2) is 5.70 Å². The van der Waals surface area contributed by atoms with Crippen LogP contribution >= 0.6 is 11.6 Å². The van der Waals surface area contributed by atoms with Crippen molar-refractivity contribution in [1.29, 1.82) is 0 Å². The number of nitrogens with zero attached hydrogens (tertiary/aromatic N) is 1. The summed E-state index contributed by atoms with van der Waals surface area (Å²) in [7, 11) is -4.16. The summed E-state index contributed by atoms with van der Waals surface area (Å²) in [5.41, 5.74) is 0.708. The molecular weight excluding hydrogens is 435 g/mol. The van der Waals surface area contributed by atoms with Crippen LogP contribution < -0.4 is 4.72 Å². The molecule has 0 atom stereocenters. The molecule has 1 aliphatic heterocycles. The van der Waals surface area contributed by atoms with Crippen LogP contribution in [0, 0.1) is 5.82 Å². The zero-order valence-corrected chi connectivity index (χ0v) is 16.6. The molecule has 0 amide bonds. The highest BCUT2D eigenvalue weighted by Crippen LogP contribution is 2.24. The van der Waals surface area contributed by atoms with Gasteiger partial charge in [-0.2, -0.15) is 0 Å². The average Bonchev–Trinajstić information content (AvgIpc) is 3.32. The predicted octanol–water partition coefficient (Wildman–Crippen LogP) is 4.22. The Hall–Kier alpha value is -3.43. The number of nitrogens with one attached hydrogen (secondary N) is 1. The van der Waals surface area contributed by atoms with E-state index in [4.69, 9.17) is 20.8 Å². The fraction of sp³-hybridized carbons (Fsp3) is 0. The summed E-state index contributed by atoms with van der Waals surface area (Å²) in [4.78, 5) is 15.6. The van der Waals surface area contributed by atoms with Crippen molar-refractivity contribution in [3.8, 4) is 0 Å². The van der Waals surface area contributed by atoms with Crippen LogP contribution in [0.1, 0.15) is 11.3 Å². The van der Waals surface area contributed by atoms with Gasteiger partial charge in [-0.1, -0.05) is 11.6 Å². The van der Waals surface area contributed by atoms with E-state index in [1.807, 2.05) is 0 Å². The lowest BCUT2D eigenvalue weighted by Gasteiger charge is -2.09. The number of rotatable bonds is 5. The van der Waals surface area contributed by atoms with Crippen molar-refractivity contribution in [2.24, 2.45) is 4.99 Å². The highest BCUT2D eigenvalue weighted by Gasteiger charge is 2.25. The zero-order valence-electron chi connectivity index (χ0n) is 15.0. The summed E-state index contributed by atoms with van der Waals surface area (Å²) in [5, 5.41) is 0.0863. The predicted molar refractivity (Wildman–Crippen MR) is 108 cm³/mol. The van der Waals surface area contributed by atoms with Gasteiger partial charge in [0.05, 0.1) is 6.26 Å². The number of ether oxygens (including phenoxy) is 1. The maximum Gasteiger partial charge on any atom is 0.363 e. The van der Waals surface area contributed by atoms with E-state index in [-0.39, 0.29) is 22.3 Å². The molecule has 152 valence electrons. The quantitative estimate of drug-likeness (QED) is 0.467. The minimum atomic E-state index is -4.16. The molecule has 0 fully saturated rings. The largest absolute Gasteiger partial charge is 0.465 e. The Kier molecular flexibility index (Phi) is 5.15. The van der Waals surface area contributed by atoms with Crippen LogP contribution in [0.15, 0.2) is 80.9 Å². The number of carbonyl (C=O) groups is 1. The molecule has 2 heterocycles. The fourth-order valence-corrected chi connectivity index (χ4v) is 3.90. The average molecular weight is 447 g/mol. The smallest absolute Gasteiger partial charge is 0.363 e. The van der Waals surface area contributed by atoms with Crippen LogP contribution in [0.25, 0.3) is 6.08 Å². The van der Waals surface area contributed by atoms with Crippen LogP contribution in [-0.2, 0) is 19.6 Å². The van der Waals surface area contributed by atoms with E-state index in [0.29, 0.717) is 11.3 Å². The number of benzene rings is 2. The molecule has 0 saturated heterocycles. The molecule has 1 N–H and O–H groups in total. The Bertz CT molecular complexity index is 1280. The topological polar surface area (TPSA) is 98.0 Å². The second-order valence-corrected chi connectivity index (χ2v) is 8.20. The number of halogens is 2. The number of hydrogen-bond donors (Lipinski definition) is 1. The van der Waals surface area contributed by atoms with Gasteiger partial charge in [-0.3, -0.25) is 4.72 Å². The number of furan rings is 1. The summed E-state index contributed by atoms with van der Waals surface area (Å²) in [6.45, 7) is 0. The van der Waals surface area contributed by atoms with Gasteiger partial charge in [-0.15, -0.1) is 0 Å². The Labute approximate surface area is 175 Å². The maximum atomic E-state index is 13.9. The Morgan fingerprint density at radius 3 is 2.53 bits per heavy atom. The van der Waals surface area contributed by atoms with Crippen molar-refractivity contribution < 1.29 is 26.8 Å². The van der Waals surface area contributed by atoms with E-state index in [1.54, 1.807) is 12.1 Å². The third-order valence-corrected chi connectivity index (χ3v) is 5.66. The molecule has 7 nitrogen and oxygen atoms in total. The van der Waals surface area contributed by atoms with E-state index in [2.05, 4.69) is 9.71 Å². The van der Waals surface area contributed by atoms with E-state index in [9.17, 15) is 17.6 Å². The molecular formula is C20H12ClFN2O5S. The molecule has 0 saturated carbocycles. The maximum absolute atomic E-state index is 13.9. The van der Waals surface area contributed by atoms with Crippen LogP contribution in [0.3, 0.4) is 0 Å². The van der Waals surface area contributed by atoms with E-state index in [0.717, 1.165) is 12.1 Å². The number of carbonyl (C=O) groups excluding carboxylic acids is 1. The summed E-state index contributed by atoms with van der Waals surface area (Å²) in [6, 6.07) is 12.5. The third-order valence-electron chi connectivity index (χ3n) is 4.01. The summed E-state index contributed by atoms with van der Waals surface area (Å²) < 4.78 is 51.3. The third kappa shape index (κ3) is 4.12. The van der Waals surface area contributed by atoms with Crippen molar-refractivity contribution in [3.63, 3.8) is 0 Å². The summed E-state index contributed by atoms with van der Waals surface area (Å²) in [6.07, 6.45) is 2.91. The molecule has 1 aliphatic rings. The number of sulfonamides is 1. The Balaban J connectivity index is 1.54. The van der Waals surface area contributed by atoms with Crippen molar-refractivity contribution in [3.05, 3.63) is 88.7 Å². The molecule has 10 heteroatoms. The van der Waals surface area contributed by atoms with E-state index >= 15 is 0 Å². The van der Waals surface area contributed by atoms with Crippen LogP contribution in [-0.4, -0.2) is 20.3 Å². The molecule has 0 bridgehead atoms. The van der Waals surface area contributed by atoms with Gasteiger partial charge in [0.1, 0.15) is 16.5 Å². The monoisotopic (exact) mass is 446 g/mol. The van der Waals surface area contributed by atoms with Crippen molar-refractivity contribution in [2.75, 3.05) is 4.72 Å². The van der Waals surface area contributed by atoms with E-state index in [1.165, 1.54) is 42.7 Å². The summed E-state index contributed by atoms with van der Waals surface area (Å²) in [5.74, 6) is -1.08. The second-order valence-electron chi connectivity index (χ2n) is 6.11. The zero-order chi connectivity index (χ0) is 21.3. The lowest BCUT2D eigenvalue weighted by atomic mass is 10.2. The molecule has 4 rings (SSSR count). The van der Waals surface area contributed by atoms with Gasteiger partial charge in [0.2, 0.25) is 5.90 Å². The highest BCUT2D eigenvalue weighted by atomic mass is 35.5. The molecule has 30 heavy (non-hydrogen) atoms. The normalized spacial score (nSPS) is 15.2. The number of hydrogen-bond acceptors (Lipinski definition) is 6. The van der Waals surface area contributed by atoms with Crippen molar-refractivity contribution >= 4 is 45.3 Å². The Morgan fingerprint density at radius 1 is 1.10 bits per heavy atom. The molecule has 3 aromatic rings. The lowest BCUT2D eigenvalue weighted by molar-refractivity contribution is -0.129. The number of esters is 1. The minimum Gasteiger partial charge on any atom is -0.465 e. The van der Waals surface area contributed by atoms with Gasteiger partial charge in [0.25, 0.3) is 10.0 Å². The lowest BCUT2D eigenvalue weighted by Crippen LogP contribution is -2.14. The molecule has 0 unspecified atom stereocenters. The van der Waals surface area contributed by atoms with Crippen LogP contribution in [0.5, 0.6) is 0 Å². The van der Waals surface area contributed by atoms with Gasteiger partial charge in [0, 0.05) is 22.3 Å². The molecule has 0 aliphatic carbocycles. The first-order valence-corrected chi connectivity index (χ1v) is 10.3.